The van der Waals surface area contributed by atoms with Gasteiger partial charge in [0, 0.05) is 12.6 Å². The van der Waals surface area contributed by atoms with Crippen molar-refractivity contribution in [1.82, 2.24) is 9.62 Å². The summed E-state index contributed by atoms with van der Waals surface area (Å²) in [5.41, 5.74) is 0. The molecule has 2 aliphatic rings. The molecule has 7 heteroatoms. The lowest BCUT2D eigenvalue weighted by atomic mass is 9.98. The van der Waals surface area contributed by atoms with E-state index in [1.807, 2.05) is 6.07 Å². The first kappa shape index (κ1) is 15.0. The lowest BCUT2D eigenvalue weighted by molar-refractivity contribution is 0.283. The minimum atomic E-state index is -3.45. The molecular formula is C14H19N3O2S2. The molecule has 0 amide bonds. The number of piperidine rings is 1. The molecule has 21 heavy (non-hydrogen) atoms. The zero-order valence-electron chi connectivity index (χ0n) is 11.8. The number of nitriles is 1. The average molecular weight is 325 g/mol. The molecule has 0 bridgehead atoms. The third-order valence-corrected chi connectivity index (χ3v) is 7.48. The van der Waals surface area contributed by atoms with Crippen molar-refractivity contribution in [2.24, 2.45) is 5.92 Å². The maximum Gasteiger partial charge on any atom is 0.252 e. The molecule has 1 aromatic rings. The van der Waals surface area contributed by atoms with Crippen LogP contribution in [0.5, 0.6) is 0 Å². The van der Waals surface area contributed by atoms with Gasteiger partial charge in [0.15, 0.2) is 0 Å². The smallest absolute Gasteiger partial charge is 0.252 e. The molecule has 1 aromatic heterocycles. The standard InChI is InChI=1S/C14H19N3O2S2/c15-9-13-3-4-14(20-13)21(18,19)17(12-1-2-12)10-11-5-7-16-8-6-11/h3-4,11-12,16H,1-2,5-8,10H2. The van der Waals surface area contributed by atoms with Gasteiger partial charge in [-0.15, -0.1) is 11.3 Å². The third kappa shape index (κ3) is 3.29. The fourth-order valence-electron chi connectivity index (χ4n) is 2.76. The Balaban J connectivity index is 1.80. The number of hydrogen-bond donors (Lipinski definition) is 1. The van der Waals surface area contributed by atoms with E-state index in [1.54, 1.807) is 16.4 Å². The summed E-state index contributed by atoms with van der Waals surface area (Å²) in [6.45, 7) is 2.57. The summed E-state index contributed by atoms with van der Waals surface area (Å²) >= 11 is 1.07. The largest absolute Gasteiger partial charge is 0.317 e. The maximum atomic E-state index is 12.8. The molecule has 2 heterocycles. The molecule has 0 unspecified atom stereocenters. The SMILES string of the molecule is N#Cc1ccc(S(=O)(=O)N(CC2CCNCC2)C2CC2)s1. The molecule has 0 aromatic carbocycles. The molecule has 1 aliphatic carbocycles. The van der Waals surface area contributed by atoms with Crippen LogP contribution in [-0.4, -0.2) is 38.4 Å². The van der Waals surface area contributed by atoms with Crippen LogP contribution in [0.3, 0.4) is 0 Å². The van der Waals surface area contributed by atoms with Gasteiger partial charge in [0.2, 0.25) is 0 Å². The number of rotatable bonds is 5. The number of sulfonamides is 1. The fourth-order valence-corrected chi connectivity index (χ4v) is 5.75. The molecule has 1 N–H and O–H groups in total. The summed E-state index contributed by atoms with van der Waals surface area (Å²) in [6.07, 6.45) is 3.99. The Bertz CT molecular complexity index is 637. The molecule has 3 rings (SSSR count). The normalized spacial score (nSPS) is 20.6. The summed E-state index contributed by atoms with van der Waals surface area (Å²) in [5.74, 6) is 0.442. The molecule has 0 spiro atoms. The Kier molecular flexibility index (Phi) is 4.31. The first-order chi connectivity index (χ1) is 10.1. The second-order valence-electron chi connectivity index (χ2n) is 5.73. The van der Waals surface area contributed by atoms with Crippen molar-refractivity contribution in [3.63, 3.8) is 0 Å². The van der Waals surface area contributed by atoms with Crippen LogP contribution in [0, 0.1) is 17.2 Å². The van der Waals surface area contributed by atoms with E-state index in [0.29, 0.717) is 21.5 Å². The van der Waals surface area contributed by atoms with Gasteiger partial charge in [-0.05, 0) is 56.8 Å². The topological polar surface area (TPSA) is 73.2 Å². The van der Waals surface area contributed by atoms with Crippen molar-refractivity contribution in [1.29, 1.82) is 5.26 Å². The molecule has 5 nitrogen and oxygen atoms in total. The molecule has 2 fully saturated rings. The minimum Gasteiger partial charge on any atom is -0.317 e. The highest BCUT2D eigenvalue weighted by molar-refractivity contribution is 7.91. The van der Waals surface area contributed by atoms with Crippen LogP contribution in [0.25, 0.3) is 0 Å². The number of nitrogens with zero attached hydrogens (tertiary/aromatic N) is 2. The van der Waals surface area contributed by atoms with Crippen molar-refractivity contribution in [2.75, 3.05) is 19.6 Å². The highest BCUT2D eigenvalue weighted by atomic mass is 32.2. The van der Waals surface area contributed by atoms with Gasteiger partial charge in [-0.2, -0.15) is 9.57 Å². The van der Waals surface area contributed by atoms with Gasteiger partial charge in [-0.3, -0.25) is 0 Å². The molecule has 1 aliphatic heterocycles. The molecule has 1 saturated heterocycles. The van der Waals surface area contributed by atoms with E-state index in [9.17, 15) is 8.42 Å². The zero-order chi connectivity index (χ0) is 14.9. The van der Waals surface area contributed by atoms with Crippen molar-refractivity contribution >= 4 is 21.4 Å². The number of thiophene rings is 1. The van der Waals surface area contributed by atoms with Crippen LogP contribution in [-0.2, 0) is 10.0 Å². The monoisotopic (exact) mass is 325 g/mol. The van der Waals surface area contributed by atoms with E-state index in [2.05, 4.69) is 5.32 Å². The van der Waals surface area contributed by atoms with Gasteiger partial charge >= 0.3 is 0 Å². The summed E-state index contributed by atoms with van der Waals surface area (Å²) in [6, 6.07) is 5.33. The number of nitrogens with one attached hydrogen (secondary N) is 1. The van der Waals surface area contributed by atoms with Crippen LogP contribution >= 0.6 is 11.3 Å². The van der Waals surface area contributed by atoms with Gasteiger partial charge in [0.1, 0.15) is 15.2 Å². The summed E-state index contributed by atoms with van der Waals surface area (Å²) in [4.78, 5) is 0.450. The quantitative estimate of drug-likeness (QED) is 0.895. The lowest BCUT2D eigenvalue weighted by Crippen LogP contribution is -2.40. The zero-order valence-corrected chi connectivity index (χ0v) is 13.4. The molecule has 0 atom stereocenters. The number of hydrogen-bond acceptors (Lipinski definition) is 5. The first-order valence-corrected chi connectivity index (χ1v) is 9.59. The Labute approximate surface area is 129 Å². The Morgan fingerprint density at radius 3 is 2.57 bits per heavy atom. The third-order valence-electron chi connectivity index (χ3n) is 4.11. The predicted octanol–water partition coefficient (Wildman–Crippen LogP) is 1.77. The van der Waals surface area contributed by atoms with E-state index in [-0.39, 0.29) is 6.04 Å². The van der Waals surface area contributed by atoms with Gasteiger partial charge in [0.25, 0.3) is 10.0 Å². The van der Waals surface area contributed by atoms with Crippen LogP contribution in [0.1, 0.15) is 30.6 Å². The summed E-state index contributed by atoms with van der Waals surface area (Å²) < 4.78 is 27.7. The highest BCUT2D eigenvalue weighted by Gasteiger charge is 2.40. The Morgan fingerprint density at radius 2 is 2.00 bits per heavy atom. The van der Waals surface area contributed by atoms with Crippen LogP contribution in [0.15, 0.2) is 16.3 Å². The minimum absolute atomic E-state index is 0.164. The summed E-state index contributed by atoms with van der Waals surface area (Å²) in [7, 11) is -3.45. The Morgan fingerprint density at radius 1 is 1.29 bits per heavy atom. The maximum absolute atomic E-state index is 12.8. The second-order valence-corrected chi connectivity index (χ2v) is 8.93. The van der Waals surface area contributed by atoms with Gasteiger partial charge in [-0.1, -0.05) is 0 Å². The highest BCUT2D eigenvalue weighted by Crippen LogP contribution is 2.35. The molecular weight excluding hydrogens is 306 g/mol. The molecule has 1 saturated carbocycles. The van der Waals surface area contributed by atoms with E-state index in [1.165, 1.54) is 0 Å². The van der Waals surface area contributed by atoms with Crippen LogP contribution in [0.4, 0.5) is 0 Å². The second kappa shape index (κ2) is 6.05. The molecule has 0 radical (unpaired) electrons. The van der Waals surface area contributed by atoms with E-state index in [4.69, 9.17) is 5.26 Å². The first-order valence-electron chi connectivity index (χ1n) is 7.34. The fraction of sp³-hybridized carbons (Fsp3) is 0.643. The van der Waals surface area contributed by atoms with Gasteiger partial charge in [-0.25, -0.2) is 8.42 Å². The van der Waals surface area contributed by atoms with Crippen molar-refractivity contribution in [3.05, 3.63) is 17.0 Å². The predicted molar refractivity (Wildman–Crippen MR) is 81.5 cm³/mol. The van der Waals surface area contributed by atoms with Gasteiger partial charge < -0.3 is 5.32 Å². The summed E-state index contributed by atoms with van der Waals surface area (Å²) in [5, 5.41) is 12.2. The van der Waals surface area contributed by atoms with E-state index >= 15 is 0 Å². The van der Waals surface area contributed by atoms with Crippen LogP contribution < -0.4 is 5.32 Å². The van der Waals surface area contributed by atoms with Crippen molar-refractivity contribution in [2.45, 2.75) is 35.9 Å². The Hall–Kier alpha value is -0.940. The average Bonchev–Trinajstić information content (AvgIpc) is 3.20. The molecule has 114 valence electrons. The van der Waals surface area contributed by atoms with Crippen molar-refractivity contribution in [3.8, 4) is 6.07 Å². The van der Waals surface area contributed by atoms with Crippen molar-refractivity contribution < 1.29 is 8.42 Å². The van der Waals surface area contributed by atoms with E-state index < -0.39 is 10.0 Å². The van der Waals surface area contributed by atoms with Gasteiger partial charge in [0.05, 0.1) is 0 Å². The lowest BCUT2D eigenvalue weighted by Gasteiger charge is -2.29. The van der Waals surface area contributed by atoms with Crippen LogP contribution in [0.2, 0.25) is 0 Å². The van der Waals surface area contributed by atoms with E-state index in [0.717, 1.165) is 50.1 Å².